The van der Waals surface area contributed by atoms with Crippen molar-refractivity contribution < 1.29 is 9.53 Å². The highest BCUT2D eigenvalue weighted by molar-refractivity contribution is 5.81. The van der Waals surface area contributed by atoms with E-state index in [-0.39, 0.29) is 18.1 Å². The predicted octanol–water partition coefficient (Wildman–Crippen LogP) is 0.115. The molecule has 1 atom stereocenters. The Morgan fingerprint density at radius 2 is 2.00 bits per heavy atom. The van der Waals surface area contributed by atoms with Gasteiger partial charge in [0, 0.05) is 25.7 Å². The molecular formula is C10H18N2O2. The number of carbonyl (C=O) groups excluding carboxylic acids is 1. The summed E-state index contributed by atoms with van der Waals surface area (Å²) in [6, 6.07) is 0.281. The first kappa shape index (κ1) is 9.93. The number of hydrogen-bond donors (Lipinski definition) is 1. The first-order valence-electron chi connectivity index (χ1n) is 5.43. The van der Waals surface area contributed by atoms with Crippen molar-refractivity contribution in [3.8, 4) is 0 Å². The van der Waals surface area contributed by atoms with Crippen molar-refractivity contribution in [3.05, 3.63) is 0 Å². The third-order valence-corrected chi connectivity index (χ3v) is 3.06. The van der Waals surface area contributed by atoms with E-state index in [2.05, 4.69) is 0 Å². The maximum atomic E-state index is 11.9. The van der Waals surface area contributed by atoms with Crippen molar-refractivity contribution in [1.82, 2.24) is 4.90 Å². The molecule has 0 saturated carbocycles. The maximum absolute atomic E-state index is 11.9. The molecule has 0 aromatic carbocycles. The molecule has 0 aromatic heterocycles. The Labute approximate surface area is 84.4 Å². The number of likely N-dealkylation sites (tertiary alicyclic amines) is 1. The van der Waals surface area contributed by atoms with Gasteiger partial charge in [-0.25, -0.2) is 0 Å². The normalized spacial score (nSPS) is 29.5. The number of piperidine rings is 1. The summed E-state index contributed by atoms with van der Waals surface area (Å²) >= 11 is 0. The van der Waals surface area contributed by atoms with Crippen LogP contribution in [0.1, 0.15) is 25.7 Å². The minimum absolute atomic E-state index is 0.163. The van der Waals surface area contributed by atoms with Crippen molar-refractivity contribution in [1.29, 1.82) is 0 Å². The second kappa shape index (κ2) is 4.28. The van der Waals surface area contributed by atoms with Gasteiger partial charge in [0.05, 0.1) is 0 Å². The second-order valence-corrected chi connectivity index (χ2v) is 4.16. The van der Waals surface area contributed by atoms with Crippen LogP contribution in [0.4, 0.5) is 0 Å². The minimum atomic E-state index is -0.163. The van der Waals surface area contributed by atoms with Crippen LogP contribution in [0, 0.1) is 0 Å². The quantitative estimate of drug-likeness (QED) is 0.651. The molecule has 0 spiro atoms. The Hall–Kier alpha value is -0.610. The van der Waals surface area contributed by atoms with Crippen LogP contribution >= 0.6 is 0 Å². The van der Waals surface area contributed by atoms with E-state index < -0.39 is 0 Å². The Morgan fingerprint density at radius 3 is 2.57 bits per heavy atom. The number of ether oxygens (including phenoxy) is 1. The zero-order valence-electron chi connectivity index (χ0n) is 8.45. The van der Waals surface area contributed by atoms with Crippen LogP contribution in [-0.4, -0.2) is 42.6 Å². The highest BCUT2D eigenvalue weighted by Crippen LogP contribution is 2.17. The fourth-order valence-electron chi connectivity index (χ4n) is 2.10. The van der Waals surface area contributed by atoms with Crippen molar-refractivity contribution >= 4 is 5.91 Å². The molecule has 2 aliphatic rings. The second-order valence-electron chi connectivity index (χ2n) is 4.16. The van der Waals surface area contributed by atoms with Crippen LogP contribution in [0.2, 0.25) is 0 Å². The van der Waals surface area contributed by atoms with E-state index in [4.69, 9.17) is 10.5 Å². The van der Waals surface area contributed by atoms with Crippen LogP contribution in [0.25, 0.3) is 0 Å². The van der Waals surface area contributed by atoms with Crippen LogP contribution in [-0.2, 0) is 9.53 Å². The van der Waals surface area contributed by atoms with Crippen LogP contribution in [0.5, 0.6) is 0 Å². The van der Waals surface area contributed by atoms with Crippen molar-refractivity contribution in [2.24, 2.45) is 5.73 Å². The summed E-state index contributed by atoms with van der Waals surface area (Å²) in [5, 5.41) is 0. The van der Waals surface area contributed by atoms with Crippen LogP contribution in [0.15, 0.2) is 0 Å². The van der Waals surface area contributed by atoms with Gasteiger partial charge in [-0.2, -0.15) is 0 Å². The molecule has 80 valence electrons. The third kappa shape index (κ3) is 2.07. The van der Waals surface area contributed by atoms with Gasteiger partial charge in [-0.15, -0.1) is 0 Å². The number of amides is 1. The predicted molar refractivity (Wildman–Crippen MR) is 52.8 cm³/mol. The van der Waals surface area contributed by atoms with Gasteiger partial charge in [0.15, 0.2) is 0 Å². The van der Waals surface area contributed by atoms with Crippen LogP contribution < -0.4 is 5.73 Å². The van der Waals surface area contributed by atoms with Gasteiger partial charge in [0.2, 0.25) is 0 Å². The van der Waals surface area contributed by atoms with E-state index in [1.54, 1.807) is 0 Å². The van der Waals surface area contributed by atoms with Gasteiger partial charge in [0.1, 0.15) is 6.10 Å². The largest absolute Gasteiger partial charge is 0.368 e. The molecule has 2 rings (SSSR count). The molecule has 2 heterocycles. The van der Waals surface area contributed by atoms with E-state index in [0.717, 1.165) is 45.4 Å². The highest BCUT2D eigenvalue weighted by atomic mass is 16.5. The molecule has 4 heteroatoms. The van der Waals surface area contributed by atoms with Crippen molar-refractivity contribution in [2.75, 3.05) is 19.7 Å². The lowest BCUT2D eigenvalue weighted by atomic mass is 10.1. The molecule has 0 aliphatic carbocycles. The molecule has 0 radical (unpaired) electrons. The Balaban J connectivity index is 1.85. The molecule has 14 heavy (non-hydrogen) atoms. The van der Waals surface area contributed by atoms with Crippen molar-refractivity contribution in [3.63, 3.8) is 0 Å². The van der Waals surface area contributed by atoms with Gasteiger partial charge in [-0.3, -0.25) is 4.79 Å². The lowest BCUT2D eigenvalue weighted by Gasteiger charge is -2.31. The summed E-state index contributed by atoms with van der Waals surface area (Å²) in [6.45, 7) is 2.35. The number of nitrogens with two attached hydrogens (primary N) is 1. The number of carbonyl (C=O) groups is 1. The summed E-state index contributed by atoms with van der Waals surface area (Å²) in [5.74, 6) is 0.175. The van der Waals surface area contributed by atoms with E-state index in [1.165, 1.54) is 0 Å². The summed E-state index contributed by atoms with van der Waals surface area (Å²) in [6.07, 6.45) is 3.60. The number of nitrogens with zero attached hydrogens (tertiary/aromatic N) is 1. The van der Waals surface area contributed by atoms with Crippen LogP contribution in [0.3, 0.4) is 0 Å². The third-order valence-electron chi connectivity index (χ3n) is 3.06. The summed E-state index contributed by atoms with van der Waals surface area (Å²) in [4.78, 5) is 13.8. The van der Waals surface area contributed by atoms with E-state index in [0.29, 0.717) is 0 Å². The number of rotatable bonds is 1. The molecule has 0 bridgehead atoms. The maximum Gasteiger partial charge on any atom is 0.251 e. The summed E-state index contributed by atoms with van der Waals surface area (Å²) < 4.78 is 5.37. The molecule has 2 fully saturated rings. The zero-order chi connectivity index (χ0) is 9.97. The standard InChI is InChI=1S/C10H18N2O2/c11-8-3-5-12(6-4-8)10(13)9-2-1-7-14-9/h8-9H,1-7,11H2. The van der Waals surface area contributed by atoms with Gasteiger partial charge in [-0.1, -0.05) is 0 Å². The van der Waals surface area contributed by atoms with E-state index in [1.807, 2.05) is 4.90 Å². The Bertz CT molecular complexity index is 206. The molecule has 1 amide bonds. The molecule has 0 aromatic rings. The lowest BCUT2D eigenvalue weighted by molar-refractivity contribution is -0.141. The first-order valence-corrected chi connectivity index (χ1v) is 5.43. The molecule has 2 saturated heterocycles. The fraction of sp³-hybridized carbons (Fsp3) is 0.900. The van der Waals surface area contributed by atoms with Gasteiger partial charge < -0.3 is 15.4 Å². The van der Waals surface area contributed by atoms with Gasteiger partial charge in [0.25, 0.3) is 5.91 Å². The molecular weight excluding hydrogens is 180 g/mol. The Kier molecular flexibility index (Phi) is 3.03. The minimum Gasteiger partial charge on any atom is -0.368 e. The van der Waals surface area contributed by atoms with E-state index >= 15 is 0 Å². The van der Waals surface area contributed by atoms with E-state index in [9.17, 15) is 4.79 Å². The smallest absolute Gasteiger partial charge is 0.251 e. The fourth-order valence-corrected chi connectivity index (χ4v) is 2.10. The van der Waals surface area contributed by atoms with Gasteiger partial charge in [-0.05, 0) is 25.7 Å². The zero-order valence-corrected chi connectivity index (χ0v) is 8.45. The number of hydrogen-bond acceptors (Lipinski definition) is 3. The monoisotopic (exact) mass is 198 g/mol. The lowest BCUT2D eigenvalue weighted by Crippen LogP contribution is -2.46. The van der Waals surface area contributed by atoms with Crippen molar-refractivity contribution in [2.45, 2.75) is 37.8 Å². The molecule has 1 unspecified atom stereocenters. The molecule has 4 nitrogen and oxygen atoms in total. The average Bonchev–Trinajstić information content (AvgIpc) is 2.71. The topological polar surface area (TPSA) is 55.6 Å². The Morgan fingerprint density at radius 1 is 1.29 bits per heavy atom. The SMILES string of the molecule is NC1CCN(C(=O)C2CCCO2)CC1. The van der Waals surface area contributed by atoms with Gasteiger partial charge >= 0.3 is 0 Å². The summed E-state index contributed by atoms with van der Waals surface area (Å²) in [7, 11) is 0. The molecule has 2 aliphatic heterocycles. The first-order chi connectivity index (χ1) is 6.77. The highest BCUT2D eigenvalue weighted by Gasteiger charge is 2.29. The molecule has 2 N–H and O–H groups in total. The average molecular weight is 198 g/mol. The summed E-state index contributed by atoms with van der Waals surface area (Å²) in [5.41, 5.74) is 5.78.